The van der Waals surface area contributed by atoms with E-state index in [0.29, 0.717) is 12.1 Å². The second-order valence-electron chi connectivity index (χ2n) is 4.43. The fraction of sp³-hybridized carbons (Fsp3) is 0.538. The Morgan fingerprint density at radius 1 is 1.35 bits per heavy atom. The van der Waals surface area contributed by atoms with Gasteiger partial charge in [-0.25, -0.2) is 0 Å². The molecule has 0 aliphatic heterocycles. The van der Waals surface area contributed by atoms with Gasteiger partial charge in [0.15, 0.2) is 0 Å². The first-order valence-electron chi connectivity index (χ1n) is 5.95. The lowest BCUT2D eigenvalue weighted by atomic mass is 9.92. The molecule has 17 heavy (non-hydrogen) atoms. The number of ether oxygens (including phenoxy) is 1. The van der Waals surface area contributed by atoms with E-state index in [1.54, 1.807) is 7.11 Å². The molecule has 2 atom stereocenters. The maximum absolute atomic E-state index is 6.18. The lowest BCUT2D eigenvalue weighted by Gasteiger charge is -2.32. The smallest absolute Gasteiger partial charge is 0.0772 e. The van der Waals surface area contributed by atoms with Gasteiger partial charge >= 0.3 is 0 Å². The predicted molar refractivity (Wildman–Crippen MR) is 75.8 cm³/mol. The van der Waals surface area contributed by atoms with Gasteiger partial charge in [0.25, 0.3) is 0 Å². The molecule has 1 aromatic carbocycles. The Hall–Kier alpha value is -0.250. The van der Waals surface area contributed by atoms with Crippen LogP contribution in [0.2, 0.25) is 5.02 Å². The second kappa shape index (κ2) is 6.07. The summed E-state index contributed by atoms with van der Waals surface area (Å²) in [7, 11) is 1.78. The molecule has 0 saturated heterocycles. The van der Waals surface area contributed by atoms with E-state index in [-0.39, 0.29) is 0 Å². The number of halogens is 2. The third-order valence-corrected chi connectivity index (χ3v) is 4.10. The quantitative estimate of drug-likeness (QED) is 0.887. The van der Waals surface area contributed by atoms with Crippen molar-refractivity contribution in [1.29, 1.82) is 0 Å². The fourth-order valence-electron chi connectivity index (χ4n) is 2.35. The second-order valence-corrected chi connectivity index (χ2v) is 5.76. The van der Waals surface area contributed by atoms with E-state index in [9.17, 15) is 0 Å². The van der Waals surface area contributed by atoms with Gasteiger partial charge in [0.1, 0.15) is 0 Å². The number of rotatable bonds is 3. The SMILES string of the molecule is COC1CCCCC1Nc1cc(Br)ccc1Cl. The van der Waals surface area contributed by atoms with Crippen LogP contribution in [0.1, 0.15) is 25.7 Å². The van der Waals surface area contributed by atoms with E-state index in [4.69, 9.17) is 16.3 Å². The average molecular weight is 319 g/mol. The van der Waals surface area contributed by atoms with Crippen molar-refractivity contribution in [2.75, 3.05) is 12.4 Å². The van der Waals surface area contributed by atoms with Gasteiger partial charge in [-0.05, 0) is 31.0 Å². The van der Waals surface area contributed by atoms with Crippen molar-refractivity contribution in [3.63, 3.8) is 0 Å². The third-order valence-electron chi connectivity index (χ3n) is 3.27. The lowest BCUT2D eigenvalue weighted by Crippen LogP contribution is -2.37. The average Bonchev–Trinajstić information content (AvgIpc) is 2.34. The van der Waals surface area contributed by atoms with Gasteiger partial charge in [-0.3, -0.25) is 0 Å². The molecule has 94 valence electrons. The van der Waals surface area contributed by atoms with Crippen molar-refractivity contribution in [2.45, 2.75) is 37.8 Å². The zero-order valence-corrected chi connectivity index (χ0v) is 12.2. The van der Waals surface area contributed by atoms with Gasteiger partial charge in [-0.15, -0.1) is 0 Å². The fourth-order valence-corrected chi connectivity index (χ4v) is 2.89. The molecule has 1 fully saturated rings. The molecule has 2 unspecified atom stereocenters. The van der Waals surface area contributed by atoms with Crippen LogP contribution in [0.3, 0.4) is 0 Å². The highest BCUT2D eigenvalue weighted by Gasteiger charge is 2.25. The summed E-state index contributed by atoms with van der Waals surface area (Å²) in [5, 5.41) is 4.26. The van der Waals surface area contributed by atoms with Crippen molar-refractivity contribution in [1.82, 2.24) is 0 Å². The van der Waals surface area contributed by atoms with Gasteiger partial charge in [-0.1, -0.05) is 40.4 Å². The monoisotopic (exact) mass is 317 g/mol. The minimum Gasteiger partial charge on any atom is -0.379 e. The number of methoxy groups -OCH3 is 1. The minimum absolute atomic E-state index is 0.291. The molecule has 0 heterocycles. The van der Waals surface area contributed by atoms with E-state index in [0.717, 1.165) is 28.0 Å². The Balaban J connectivity index is 2.10. The first-order valence-corrected chi connectivity index (χ1v) is 7.12. The number of hydrogen-bond acceptors (Lipinski definition) is 2. The first kappa shape index (κ1) is 13.2. The molecular weight excluding hydrogens is 302 g/mol. The highest BCUT2D eigenvalue weighted by atomic mass is 79.9. The summed E-state index contributed by atoms with van der Waals surface area (Å²) in [4.78, 5) is 0. The van der Waals surface area contributed by atoms with Gasteiger partial charge < -0.3 is 10.1 Å². The van der Waals surface area contributed by atoms with E-state index < -0.39 is 0 Å². The van der Waals surface area contributed by atoms with Gasteiger partial charge in [0.05, 0.1) is 22.9 Å². The van der Waals surface area contributed by atoms with E-state index in [2.05, 4.69) is 21.2 Å². The van der Waals surface area contributed by atoms with Crippen molar-refractivity contribution in [2.24, 2.45) is 0 Å². The maximum atomic E-state index is 6.18. The van der Waals surface area contributed by atoms with E-state index in [1.165, 1.54) is 12.8 Å². The highest BCUT2D eigenvalue weighted by molar-refractivity contribution is 9.10. The first-order chi connectivity index (χ1) is 8.20. The van der Waals surface area contributed by atoms with Crippen LogP contribution >= 0.6 is 27.5 Å². The molecule has 4 heteroatoms. The molecule has 1 aromatic rings. The number of anilines is 1. The zero-order valence-electron chi connectivity index (χ0n) is 9.88. The molecule has 0 bridgehead atoms. The summed E-state index contributed by atoms with van der Waals surface area (Å²) in [6.07, 6.45) is 5.06. The van der Waals surface area contributed by atoms with Crippen LogP contribution in [0.15, 0.2) is 22.7 Å². The summed E-state index contributed by atoms with van der Waals surface area (Å²) >= 11 is 9.65. The minimum atomic E-state index is 0.291. The molecule has 1 saturated carbocycles. The topological polar surface area (TPSA) is 21.3 Å². The molecule has 0 radical (unpaired) electrons. The maximum Gasteiger partial charge on any atom is 0.0772 e. The molecule has 0 spiro atoms. The Morgan fingerprint density at radius 3 is 2.88 bits per heavy atom. The number of nitrogens with one attached hydrogen (secondary N) is 1. The van der Waals surface area contributed by atoms with Gasteiger partial charge in [0, 0.05) is 11.6 Å². The summed E-state index contributed by atoms with van der Waals surface area (Å²) in [6.45, 7) is 0. The largest absolute Gasteiger partial charge is 0.379 e. The standard InChI is InChI=1S/C13H17BrClNO/c1-17-13-5-3-2-4-11(13)16-12-8-9(14)6-7-10(12)15/h6-8,11,13,16H,2-5H2,1H3. The normalized spacial score (nSPS) is 24.6. The zero-order chi connectivity index (χ0) is 12.3. The summed E-state index contributed by atoms with van der Waals surface area (Å²) in [5.41, 5.74) is 0.981. The van der Waals surface area contributed by atoms with Crippen LogP contribution in [0, 0.1) is 0 Å². The van der Waals surface area contributed by atoms with Crippen molar-refractivity contribution >= 4 is 33.2 Å². The van der Waals surface area contributed by atoms with Crippen LogP contribution in [0.25, 0.3) is 0 Å². The number of benzene rings is 1. The predicted octanol–water partition coefficient (Wildman–Crippen LogP) is 4.47. The van der Waals surface area contributed by atoms with Crippen molar-refractivity contribution in [3.05, 3.63) is 27.7 Å². The van der Waals surface area contributed by atoms with Crippen LogP contribution in [0.4, 0.5) is 5.69 Å². The highest BCUT2D eigenvalue weighted by Crippen LogP contribution is 2.30. The van der Waals surface area contributed by atoms with Crippen LogP contribution in [-0.4, -0.2) is 19.3 Å². The molecular formula is C13H17BrClNO. The van der Waals surface area contributed by atoms with Gasteiger partial charge in [0.2, 0.25) is 0 Å². The molecule has 0 aromatic heterocycles. The van der Waals surface area contributed by atoms with Crippen LogP contribution in [-0.2, 0) is 4.74 Å². The molecule has 1 aliphatic rings. The van der Waals surface area contributed by atoms with Crippen molar-refractivity contribution in [3.8, 4) is 0 Å². The van der Waals surface area contributed by atoms with E-state index >= 15 is 0 Å². The summed E-state index contributed by atoms with van der Waals surface area (Å²) in [6, 6.07) is 6.23. The Labute approximate surface area is 116 Å². The molecule has 1 N–H and O–H groups in total. The molecule has 1 aliphatic carbocycles. The lowest BCUT2D eigenvalue weighted by molar-refractivity contribution is 0.0606. The third kappa shape index (κ3) is 3.36. The molecule has 2 nitrogen and oxygen atoms in total. The summed E-state index contributed by atoms with van der Waals surface area (Å²) in [5.74, 6) is 0. The van der Waals surface area contributed by atoms with Crippen molar-refractivity contribution < 1.29 is 4.74 Å². The van der Waals surface area contributed by atoms with Gasteiger partial charge in [-0.2, -0.15) is 0 Å². The van der Waals surface area contributed by atoms with E-state index in [1.807, 2.05) is 18.2 Å². The Bertz CT molecular complexity index is 386. The molecule has 2 rings (SSSR count). The van der Waals surface area contributed by atoms with Crippen LogP contribution in [0.5, 0.6) is 0 Å². The Morgan fingerprint density at radius 2 is 2.12 bits per heavy atom. The summed E-state index contributed by atoms with van der Waals surface area (Å²) < 4.78 is 6.57. The molecule has 0 amide bonds. The van der Waals surface area contributed by atoms with Crippen LogP contribution < -0.4 is 5.32 Å². The number of hydrogen-bond donors (Lipinski definition) is 1. The Kier molecular flexibility index (Phi) is 4.71.